The maximum Gasteiger partial charge on any atom is 0.203 e. The lowest BCUT2D eigenvalue weighted by Crippen LogP contribution is -2.03. The Labute approximate surface area is 89.6 Å². The van der Waals surface area contributed by atoms with Gasteiger partial charge in [0.05, 0.1) is 0 Å². The molecule has 3 heteroatoms. The van der Waals surface area contributed by atoms with E-state index < -0.39 is 0 Å². The van der Waals surface area contributed by atoms with E-state index in [0.29, 0.717) is 6.42 Å². The predicted molar refractivity (Wildman–Crippen MR) is 60.5 cm³/mol. The SMILES string of the molecule is C=CC(CCC[N+](=O)[O-])c1ccccc1. The van der Waals surface area contributed by atoms with Gasteiger partial charge in [0.1, 0.15) is 0 Å². The fourth-order valence-corrected chi connectivity index (χ4v) is 1.56. The number of hydrogen-bond donors (Lipinski definition) is 0. The minimum absolute atomic E-state index is 0.0389. The van der Waals surface area contributed by atoms with E-state index in [9.17, 15) is 10.1 Å². The molecule has 0 N–H and O–H groups in total. The van der Waals surface area contributed by atoms with Crippen molar-refractivity contribution in [3.05, 3.63) is 58.7 Å². The fourth-order valence-electron chi connectivity index (χ4n) is 1.56. The summed E-state index contributed by atoms with van der Waals surface area (Å²) in [5.74, 6) is 0.228. The van der Waals surface area contributed by atoms with Crippen molar-refractivity contribution in [1.29, 1.82) is 0 Å². The van der Waals surface area contributed by atoms with Gasteiger partial charge in [-0.3, -0.25) is 10.1 Å². The summed E-state index contributed by atoms with van der Waals surface area (Å²) in [5, 5.41) is 10.2. The maximum atomic E-state index is 10.2. The molecule has 1 rings (SSSR count). The summed E-state index contributed by atoms with van der Waals surface area (Å²) in [6.07, 6.45) is 3.24. The topological polar surface area (TPSA) is 43.1 Å². The fraction of sp³-hybridized carbons (Fsp3) is 0.333. The van der Waals surface area contributed by atoms with Crippen molar-refractivity contribution < 1.29 is 4.92 Å². The normalized spacial score (nSPS) is 12.0. The van der Waals surface area contributed by atoms with Gasteiger partial charge < -0.3 is 0 Å². The van der Waals surface area contributed by atoms with Crippen molar-refractivity contribution in [3.63, 3.8) is 0 Å². The van der Waals surface area contributed by atoms with E-state index >= 15 is 0 Å². The van der Waals surface area contributed by atoms with Crippen molar-refractivity contribution in [3.8, 4) is 0 Å². The number of allylic oxidation sites excluding steroid dienone is 1. The molecule has 0 spiro atoms. The van der Waals surface area contributed by atoms with Gasteiger partial charge in [0, 0.05) is 17.3 Å². The Balaban J connectivity index is 2.50. The van der Waals surface area contributed by atoms with E-state index in [2.05, 4.69) is 6.58 Å². The summed E-state index contributed by atoms with van der Waals surface area (Å²) in [5.41, 5.74) is 1.18. The molecule has 1 unspecified atom stereocenters. The van der Waals surface area contributed by atoms with Gasteiger partial charge in [-0.25, -0.2) is 0 Å². The number of nitrogens with zero attached hydrogens (tertiary/aromatic N) is 1. The van der Waals surface area contributed by atoms with Crippen LogP contribution in [-0.4, -0.2) is 11.5 Å². The summed E-state index contributed by atoms with van der Waals surface area (Å²) in [6, 6.07) is 9.95. The zero-order chi connectivity index (χ0) is 11.1. The van der Waals surface area contributed by atoms with Crippen LogP contribution in [0.4, 0.5) is 0 Å². The molecule has 0 saturated heterocycles. The summed E-state index contributed by atoms with van der Waals surface area (Å²) < 4.78 is 0. The quantitative estimate of drug-likeness (QED) is 0.407. The molecule has 3 nitrogen and oxygen atoms in total. The monoisotopic (exact) mass is 205 g/mol. The van der Waals surface area contributed by atoms with Crippen LogP contribution in [0.15, 0.2) is 43.0 Å². The third kappa shape index (κ3) is 3.94. The van der Waals surface area contributed by atoms with Gasteiger partial charge in [0.15, 0.2) is 0 Å². The molecule has 0 radical (unpaired) electrons. The molecule has 0 aromatic heterocycles. The first-order valence-corrected chi connectivity index (χ1v) is 5.03. The Hall–Kier alpha value is -1.64. The molecule has 1 aromatic rings. The van der Waals surface area contributed by atoms with E-state index in [4.69, 9.17) is 0 Å². The Kier molecular flexibility index (Phi) is 4.54. The van der Waals surface area contributed by atoms with E-state index in [-0.39, 0.29) is 17.4 Å². The highest BCUT2D eigenvalue weighted by molar-refractivity contribution is 5.22. The van der Waals surface area contributed by atoms with E-state index in [1.54, 1.807) is 0 Å². The molecule has 1 aromatic carbocycles. The Morgan fingerprint density at radius 3 is 2.60 bits per heavy atom. The highest BCUT2D eigenvalue weighted by atomic mass is 16.6. The first-order valence-electron chi connectivity index (χ1n) is 5.03. The lowest BCUT2D eigenvalue weighted by atomic mass is 9.94. The smallest absolute Gasteiger partial charge is 0.203 e. The average Bonchev–Trinajstić information content (AvgIpc) is 2.25. The van der Waals surface area contributed by atoms with Crippen LogP contribution in [0.3, 0.4) is 0 Å². The molecule has 0 fully saturated rings. The summed E-state index contributed by atoms with van der Waals surface area (Å²) in [6.45, 7) is 3.80. The van der Waals surface area contributed by atoms with Gasteiger partial charge in [-0.15, -0.1) is 6.58 Å². The molecule has 0 aliphatic rings. The van der Waals surface area contributed by atoms with Crippen molar-refractivity contribution >= 4 is 0 Å². The van der Waals surface area contributed by atoms with Crippen molar-refractivity contribution in [2.45, 2.75) is 18.8 Å². The van der Waals surface area contributed by atoms with Crippen LogP contribution < -0.4 is 0 Å². The van der Waals surface area contributed by atoms with Crippen LogP contribution in [0.5, 0.6) is 0 Å². The number of hydrogen-bond acceptors (Lipinski definition) is 2. The molecule has 0 bridgehead atoms. The van der Waals surface area contributed by atoms with Crippen LogP contribution in [0.1, 0.15) is 24.3 Å². The predicted octanol–water partition coefficient (Wildman–Crippen LogP) is 3.01. The van der Waals surface area contributed by atoms with Crippen molar-refractivity contribution in [2.24, 2.45) is 0 Å². The Morgan fingerprint density at radius 1 is 1.40 bits per heavy atom. The van der Waals surface area contributed by atoms with E-state index in [0.717, 1.165) is 6.42 Å². The Bertz CT molecular complexity index is 322. The zero-order valence-corrected chi connectivity index (χ0v) is 8.63. The summed E-state index contributed by atoms with van der Waals surface area (Å²) in [4.78, 5) is 9.91. The average molecular weight is 205 g/mol. The number of rotatable bonds is 6. The van der Waals surface area contributed by atoms with Gasteiger partial charge in [-0.05, 0) is 12.0 Å². The second kappa shape index (κ2) is 5.96. The van der Waals surface area contributed by atoms with Crippen LogP contribution in [0.25, 0.3) is 0 Å². The Morgan fingerprint density at radius 2 is 2.07 bits per heavy atom. The highest BCUT2D eigenvalue weighted by Crippen LogP contribution is 2.21. The van der Waals surface area contributed by atoms with Crippen LogP contribution in [-0.2, 0) is 0 Å². The molecule has 0 heterocycles. The second-order valence-electron chi connectivity index (χ2n) is 3.45. The first kappa shape index (κ1) is 11.4. The number of benzene rings is 1. The molecule has 0 saturated carbocycles. The molecular weight excluding hydrogens is 190 g/mol. The zero-order valence-electron chi connectivity index (χ0n) is 8.63. The first-order chi connectivity index (χ1) is 7.24. The third-order valence-corrected chi connectivity index (χ3v) is 2.37. The highest BCUT2D eigenvalue weighted by Gasteiger charge is 2.08. The number of nitro groups is 1. The second-order valence-corrected chi connectivity index (χ2v) is 3.45. The minimum Gasteiger partial charge on any atom is -0.265 e. The molecule has 15 heavy (non-hydrogen) atoms. The lowest BCUT2D eigenvalue weighted by Gasteiger charge is -2.10. The van der Waals surface area contributed by atoms with Gasteiger partial charge in [-0.2, -0.15) is 0 Å². The van der Waals surface area contributed by atoms with Gasteiger partial charge >= 0.3 is 0 Å². The van der Waals surface area contributed by atoms with Gasteiger partial charge in [-0.1, -0.05) is 36.4 Å². The summed E-state index contributed by atoms with van der Waals surface area (Å²) in [7, 11) is 0. The largest absolute Gasteiger partial charge is 0.265 e. The molecular formula is C12H15NO2. The van der Waals surface area contributed by atoms with E-state index in [1.807, 2.05) is 36.4 Å². The van der Waals surface area contributed by atoms with Gasteiger partial charge in [0.2, 0.25) is 6.54 Å². The van der Waals surface area contributed by atoms with Gasteiger partial charge in [0.25, 0.3) is 0 Å². The molecule has 0 aliphatic heterocycles. The van der Waals surface area contributed by atoms with Crippen LogP contribution in [0.2, 0.25) is 0 Å². The van der Waals surface area contributed by atoms with E-state index in [1.165, 1.54) is 5.56 Å². The van der Waals surface area contributed by atoms with Crippen LogP contribution in [0, 0.1) is 10.1 Å². The van der Waals surface area contributed by atoms with Crippen molar-refractivity contribution in [1.82, 2.24) is 0 Å². The third-order valence-electron chi connectivity index (χ3n) is 2.37. The summed E-state index contributed by atoms with van der Waals surface area (Å²) >= 11 is 0. The standard InChI is InChI=1S/C12H15NO2/c1-2-11(9-6-10-13(14)15)12-7-4-3-5-8-12/h2-5,7-8,11H,1,6,9-10H2. The van der Waals surface area contributed by atoms with Crippen LogP contribution >= 0.6 is 0 Å². The minimum atomic E-state index is -0.273. The van der Waals surface area contributed by atoms with Crippen molar-refractivity contribution in [2.75, 3.05) is 6.54 Å². The molecule has 80 valence electrons. The maximum absolute atomic E-state index is 10.2. The lowest BCUT2D eigenvalue weighted by molar-refractivity contribution is -0.480. The molecule has 1 atom stereocenters. The molecule has 0 amide bonds. The molecule has 0 aliphatic carbocycles.